The summed E-state index contributed by atoms with van der Waals surface area (Å²) in [5, 5.41) is 3.30. The summed E-state index contributed by atoms with van der Waals surface area (Å²) in [6, 6.07) is 7.34. The fourth-order valence-corrected chi connectivity index (χ4v) is 2.92. The molecule has 2 aromatic rings. The summed E-state index contributed by atoms with van der Waals surface area (Å²) in [7, 11) is -1.91. The second-order valence-electron chi connectivity index (χ2n) is 4.86. The molecule has 0 saturated heterocycles. The molecule has 2 N–H and O–H groups in total. The Bertz CT molecular complexity index is 695. The number of imidazole rings is 1. The van der Waals surface area contributed by atoms with Gasteiger partial charge in [0.15, 0.2) is 5.03 Å². The number of aromatic nitrogens is 2. The van der Waals surface area contributed by atoms with Crippen molar-refractivity contribution in [3.8, 4) is 0 Å². The minimum atomic E-state index is -3.64. The van der Waals surface area contributed by atoms with E-state index < -0.39 is 10.0 Å². The lowest BCUT2D eigenvalue weighted by Crippen LogP contribution is -2.15. The van der Waals surface area contributed by atoms with Crippen LogP contribution < -0.4 is 10.0 Å². The summed E-state index contributed by atoms with van der Waals surface area (Å²) < 4.78 is 28.5. The molecule has 21 heavy (non-hydrogen) atoms. The maximum Gasteiger partial charge on any atom is 0.280 e. The van der Waals surface area contributed by atoms with Gasteiger partial charge in [-0.2, -0.15) is 8.42 Å². The van der Waals surface area contributed by atoms with Gasteiger partial charge >= 0.3 is 0 Å². The molecule has 7 heteroatoms. The van der Waals surface area contributed by atoms with Crippen molar-refractivity contribution in [1.29, 1.82) is 0 Å². The van der Waals surface area contributed by atoms with E-state index in [0.29, 0.717) is 12.2 Å². The highest BCUT2D eigenvalue weighted by Crippen LogP contribution is 2.16. The normalized spacial score (nSPS) is 11.5. The molecule has 114 valence electrons. The van der Waals surface area contributed by atoms with E-state index in [-0.39, 0.29) is 5.03 Å². The maximum atomic E-state index is 12.2. The van der Waals surface area contributed by atoms with Gasteiger partial charge in [-0.05, 0) is 30.7 Å². The molecule has 1 aromatic heterocycles. The molecule has 0 saturated carbocycles. The van der Waals surface area contributed by atoms with Crippen LogP contribution in [-0.4, -0.2) is 24.5 Å². The molecular weight excluding hydrogens is 288 g/mol. The van der Waals surface area contributed by atoms with Gasteiger partial charge in [0.25, 0.3) is 10.0 Å². The summed E-state index contributed by atoms with van der Waals surface area (Å²) in [6.45, 7) is 3.75. The molecule has 2 rings (SSSR count). The van der Waals surface area contributed by atoms with Crippen molar-refractivity contribution in [1.82, 2.24) is 14.9 Å². The number of aryl methyl sites for hydroxylation is 1. The number of nitrogens with one attached hydrogen (secondary N) is 2. The van der Waals surface area contributed by atoms with Gasteiger partial charge in [0.1, 0.15) is 0 Å². The predicted octanol–water partition coefficient (Wildman–Crippen LogP) is 1.72. The van der Waals surface area contributed by atoms with Crippen molar-refractivity contribution in [2.24, 2.45) is 7.05 Å². The minimum absolute atomic E-state index is 0.0134. The van der Waals surface area contributed by atoms with Gasteiger partial charge in [0.2, 0.25) is 0 Å². The van der Waals surface area contributed by atoms with Gasteiger partial charge in [-0.3, -0.25) is 4.72 Å². The number of hydrogen-bond acceptors (Lipinski definition) is 4. The number of hydrogen-bond donors (Lipinski definition) is 2. The third-order valence-corrected chi connectivity index (χ3v) is 4.16. The van der Waals surface area contributed by atoms with Crippen molar-refractivity contribution >= 4 is 15.7 Å². The molecule has 0 radical (unpaired) electrons. The van der Waals surface area contributed by atoms with Crippen molar-refractivity contribution < 1.29 is 8.42 Å². The van der Waals surface area contributed by atoms with Crippen LogP contribution in [-0.2, 0) is 23.6 Å². The number of anilines is 1. The lowest BCUT2D eigenvalue weighted by Gasteiger charge is -2.08. The zero-order chi connectivity index (χ0) is 15.3. The first-order valence-electron chi connectivity index (χ1n) is 6.81. The van der Waals surface area contributed by atoms with Crippen LogP contribution in [0.1, 0.15) is 18.9 Å². The van der Waals surface area contributed by atoms with Crippen LogP contribution in [0, 0.1) is 0 Å². The van der Waals surface area contributed by atoms with E-state index in [0.717, 1.165) is 18.5 Å². The Balaban J connectivity index is 2.10. The number of sulfonamides is 1. The molecule has 0 amide bonds. The van der Waals surface area contributed by atoms with Crippen molar-refractivity contribution in [2.75, 3.05) is 11.3 Å². The van der Waals surface area contributed by atoms with Gasteiger partial charge < -0.3 is 9.88 Å². The molecule has 0 aliphatic heterocycles. The Morgan fingerprint density at radius 2 is 2.14 bits per heavy atom. The van der Waals surface area contributed by atoms with Gasteiger partial charge in [-0.15, -0.1) is 0 Å². The quantitative estimate of drug-likeness (QED) is 0.764. The van der Waals surface area contributed by atoms with Gasteiger partial charge in [0, 0.05) is 25.5 Å². The highest BCUT2D eigenvalue weighted by molar-refractivity contribution is 7.92. The van der Waals surface area contributed by atoms with E-state index in [1.807, 2.05) is 18.2 Å². The first-order valence-corrected chi connectivity index (χ1v) is 8.30. The summed E-state index contributed by atoms with van der Waals surface area (Å²) in [4.78, 5) is 3.87. The molecule has 6 nitrogen and oxygen atoms in total. The SMILES string of the molecule is CCCNCc1cccc(NS(=O)(=O)c2cn(C)cn2)c1. The number of nitrogens with zero attached hydrogens (tertiary/aromatic N) is 2. The van der Waals surface area contributed by atoms with Gasteiger partial charge in [-0.1, -0.05) is 19.1 Å². The average molecular weight is 308 g/mol. The lowest BCUT2D eigenvalue weighted by molar-refractivity contribution is 0.598. The van der Waals surface area contributed by atoms with Gasteiger partial charge in [-0.25, -0.2) is 4.98 Å². The lowest BCUT2D eigenvalue weighted by atomic mass is 10.2. The Kier molecular flexibility index (Phi) is 4.98. The molecule has 0 atom stereocenters. The second-order valence-corrected chi connectivity index (χ2v) is 6.49. The van der Waals surface area contributed by atoms with Gasteiger partial charge in [0.05, 0.1) is 6.33 Å². The number of benzene rings is 1. The fourth-order valence-electron chi connectivity index (χ4n) is 1.89. The Morgan fingerprint density at radius 3 is 2.81 bits per heavy atom. The predicted molar refractivity (Wildman–Crippen MR) is 82.5 cm³/mol. The Labute approximate surface area is 125 Å². The molecular formula is C14H20N4O2S. The second kappa shape index (κ2) is 6.73. The van der Waals surface area contributed by atoms with E-state index >= 15 is 0 Å². The summed E-state index contributed by atoms with van der Waals surface area (Å²) in [6.07, 6.45) is 3.99. The third-order valence-electron chi connectivity index (χ3n) is 2.89. The van der Waals surface area contributed by atoms with Crippen LogP contribution in [0.2, 0.25) is 0 Å². The molecule has 0 aliphatic rings. The Hall–Kier alpha value is -1.86. The zero-order valence-corrected chi connectivity index (χ0v) is 13.0. The molecule has 0 spiro atoms. The van der Waals surface area contributed by atoms with Crippen LogP contribution in [0.3, 0.4) is 0 Å². The fraction of sp³-hybridized carbons (Fsp3) is 0.357. The zero-order valence-electron chi connectivity index (χ0n) is 12.2. The highest BCUT2D eigenvalue weighted by Gasteiger charge is 2.17. The van der Waals surface area contributed by atoms with Crippen molar-refractivity contribution in [2.45, 2.75) is 24.9 Å². The van der Waals surface area contributed by atoms with Crippen molar-refractivity contribution in [3.05, 3.63) is 42.4 Å². The summed E-state index contributed by atoms with van der Waals surface area (Å²) in [5.41, 5.74) is 1.57. The summed E-state index contributed by atoms with van der Waals surface area (Å²) in [5.74, 6) is 0. The minimum Gasteiger partial charge on any atom is -0.339 e. The number of rotatable bonds is 7. The van der Waals surface area contributed by atoms with Crippen LogP contribution in [0.5, 0.6) is 0 Å². The van der Waals surface area contributed by atoms with E-state index in [9.17, 15) is 8.42 Å². The Morgan fingerprint density at radius 1 is 1.33 bits per heavy atom. The first-order chi connectivity index (χ1) is 10.0. The highest BCUT2D eigenvalue weighted by atomic mass is 32.2. The standard InChI is InChI=1S/C14H20N4O2S/c1-3-7-15-9-12-5-4-6-13(8-12)17-21(19,20)14-10-18(2)11-16-14/h4-6,8,10-11,15,17H,3,7,9H2,1-2H3. The van der Waals surface area contributed by atoms with E-state index in [2.05, 4.69) is 21.9 Å². The molecule has 0 aliphatic carbocycles. The average Bonchev–Trinajstić information content (AvgIpc) is 2.87. The van der Waals surface area contributed by atoms with Crippen molar-refractivity contribution in [3.63, 3.8) is 0 Å². The van der Waals surface area contributed by atoms with Crippen LogP contribution in [0.25, 0.3) is 0 Å². The van der Waals surface area contributed by atoms with E-state index in [1.54, 1.807) is 17.7 Å². The molecule has 0 bridgehead atoms. The maximum absolute atomic E-state index is 12.2. The topological polar surface area (TPSA) is 76.0 Å². The van der Waals surface area contributed by atoms with E-state index in [1.165, 1.54) is 12.5 Å². The van der Waals surface area contributed by atoms with Crippen LogP contribution in [0.4, 0.5) is 5.69 Å². The first kappa shape index (κ1) is 15.5. The molecule has 1 heterocycles. The third kappa shape index (κ3) is 4.30. The van der Waals surface area contributed by atoms with Crippen LogP contribution >= 0.6 is 0 Å². The monoisotopic (exact) mass is 308 g/mol. The molecule has 0 unspecified atom stereocenters. The van der Waals surface area contributed by atoms with E-state index in [4.69, 9.17) is 0 Å². The van der Waals surface area contributed by atoms with Crippen LogP contribution in [0.15, 0.2) is 41.8 Å². The largest absolute Gasteiger partial charge is 0.339 e. The molecule has 1 aromatic carbocycles. The molecule has 0 fully saturated rings. The smallest absolute Gasteiger partial charge is 0.280 e. The summed E-state index contributed by atoms with van der Waals surface area (Å²) >= 11 is 0.